The van der Waals surface area contributed by atoms with Crippen LogP contribution in [0.5, 0.6) is 0 Å². The third-order valence-corrected chi connectivity index (χ3v) is 7.26. The van der Waals surface area contributed by atoms with Crippen LogP contribution in [0.3, 0.4) is 0 Å². The van der Waals surface area contributed by atoms with Crippen LogP contribution in [0.25, 0.3) is 0 Å². The van der Waals surface area contributed by atoms with E-state index in [0.717, 1.165) is 0 Å². The van der Waals surface area contributed by atoms with Gasteiger partial charge >= 0.3 is 0 Å². The molecule has 25 heavy (non-hydrogen) atoms. The summed E-state index contributed by atoms with van der Waals surface area (Å²) in [5.74, 6) is -0.941. The van der Waals surface area contributed by atoms with Crippen LogP contribution in [-0.4, -0.2) is 50.2 Å². The van der Waals surface area contributed by atoms with Gasteiger partial charge in [-0.05, 0) is 49.9 Å². The van der Waals surface area contributed by atoms with Gasteiger partial charge in [-0.1, -0.05) is 0 Å². The number of carbonyl (C=O) groups excluding carboxylic acids is 1. The molecule has 1 aromatic rings. The topological polar surface area (TPSA) is 75.7 Å². The van der Waals surface area contributed by atoms with E-state index < -0.39 is 15.3 Å². The van der Waals surface area contributed by atoms with Gasteiger partial charge in [-0.2, -0.15) is 0 Å². The number of ether oxygens (including phenoxy) is 1. The fraction of sp³-hybridized carbons (Fsp3) is 0.588. The number of aryl methyl sites for hydroxylation is 1. The Morgan fingerprint density at radius 2 is 2.00 bits per heavy atom. The normalized spacial score (nSPS) is 22.9. The fourth-order valence-corrected chi connectivity index (χ4v) is 5.28. The Hall–Kier alpha value is -1.51. The van der Waals surface area contributed by atoms with Crippen LogP contribution in [-0.2, 0) is 19.6 Å². The lowest BCUT2D eigenvalue weighted by molar-refractivity contribution is -0.119. The van der Waals surface area contributed by atoms with Crippen molar-refractivity contribution in [3.8, 4) is 0 Å². The zero-order valence-corrected chi connectivity index (χ0v) is 15.0. The maximum atomic E-state index is 13.3. The number of halogens is 1. The summed E-state index contributed by atoms with van der Waals surface area (Å²) in [6, 6.07) is 4.38. The number of hydrogen-bond donors (Lipinski definition) is 1. The van der Waals surface area contributed by atoms with Crippen LogP contribution in [0, 0.1) is 18.7 Å². The van der Waals surface area contributed by atoms with Crippen molar-refractivity contribution >= 4 is 21.6 Å². The highest BCUT2D eigenvalue weighted by molar-refractivity contribution is 7.89. The Morgan fingerprint density at radius 1 is 1.28 bits per heavy atom. The lowest BCUT2D eigenvalue weighted by Crippen LogP contribution is -2.40. The van der Waals surface area contributed by atoms with E-state index in [0.29, 0.717) is 50.3 Å². The molecule has 1 atom stereocenters. The maximum absolute atomic E-state index is 13.3. The lowest BCUT2D eigenvalue weighted by Gasteiger charge is -2.27. The van der Waals surface area contributed by atoms with Gasteiger partial charge in [0.1, 0.15) is 5.82 Å². The van der Waals surface area contributed by atoms with Gasteiger partial charge in [-0.3, -0.25) is 4.79 Å². The number of amides is 1. The predicted octanol–water partition coefficient (Wildman–Crippen LogP) is 1.90. The first-order valence-corrected chi connectivity index (χ1v) is 10.0. The summed E-state index contributed by atoms with van der Waals surface area (Å²) >= 11 is 0. The van der Waals surface area contributed by atoms with E-state index >= 15 is 0 Å². The summed E-state index contributed by atoms with van der Waals surface area (Å²) in [7, 11) is -3.39. The molecule has 0 aromatic heterocycles. The zero-order chi connectivity index (χ0) is 18.0. The smallest absolute Gasteiger partial charge is 0.228 e. The fourth-order valence-electron chi connectivity index (χ4n) is 3.32. The number of rotatable bonds is 4. The SMILES string of the molecule is Cc1cc(NC(=O)[C@H]2CCN(S(=O)(=O)C3CCOCC3)C2)ccc1F. The number of anilines is 1. The van der Waals surface area contributed by atoms with Crippen molar-refractivity contribution in [1.82, 2.24) is 4.31 Å². The van der Waals surface area contributed by atoms with Crippen molar-refractivity contribution in [1.29, 1.82) is 0 Å². The van der Waals surface area contributed by atoms with Crippen LogP contribution in [0.2, 0.25) is 0 Å². The molecule has 8 heteroatoms. The zero-order valence-electron chi connectivity index (χ0n) is 14.2. The Labute approximate surface area is 147 Å². The van der Waals surface area contributed by atoms with Gasteiger partial charge < -0.3 is 10.1 Å². The monoisotopic (exact) mass is 370 g/mol. The first kappa shape index (κ1) is 18.3. The minimum Gasteiger partial charge on any atom is -0.381 e. The number of hydrogen-bond acceptors (Lipinski definition) is 4. The van der Waals surface area contributed by atoms with E-state index in [2.05, 4.69) is 5.32 Å². The molecule has 0 spiro atoms. The minimum atomic E-state index is -3.39. The van der Waals surface area contributed by atoms with Crippen LogP contribution >= 0.6 is 0 Å². The summed E-state index contributed by atoms with van der Waals surface area (Å²) < 4.78 is 45.3. The molecule has 1 aromatic carbocycles. The van der Waals surface area contributed by atoms with Crippen LogP contribution in [0.4, 0.5) is 10.1 Å². The number of nitrogens with one attached hydrogen (secondary N) is 1. The number of sulfonamides is 1. The quantitative estimate of drug-likeness (QED) is 0.878. The van der Waals surface area contributed by atoms with Crippen molar-refractivity contribution < 1.29 is 22.3 Å². The molecule has 0 bridgehead atoms. The van der Waals surface area contributed by atoms with Gasteiger partial charge in [0.2, 0.25) is 15.9 Å². The van der Waals surface area contributed by atoms with Gasteiger partial charge in [0.05, 0.1) is 11.2 Å². The summed E-state index contributed by atoms with van der Waals surface area (Å²) in [5, 5.41) is 2.34. The molecule has 0 saturated carbocycles. The van der Waals surface area contributed by atoms with Crippen LogP contribution < -0.4 is 5.32 Å². The average molecular weight is 370 g/mol. The van der Waals surface area contributed by atoms with Crippen LogP contribution in [0.15, 0.2) is 18.2 Å². The molecular formula is C17H23FN2O4S. The van der Waals surface area contributed by atoms with Crippen LogP contribution in [0.1, 0.15) is 24.8 Å². The standard InChI is InChI=1S/C17H23FN2O4S/c1-12-10-14(2-3-16(12)18)19-17(21)13-4-7-20(11-13)25(22,23)15-5-8-24-9-6-15/h2-3,10,13,15H,4-9,11H2,1H3,(H,19,21)/t13-/m0/s1. The minimum absolute atomic E-state index is 0.200. The molecule has 0 aliphatic carbocycles. The second-order valence-electron chi connectivity index (χ2n) is 6.65. The maximum Gasteiger partial charge on any atom is 0.228 e. The molecule has 2 aliphatic heterocycles. The van der Waals surface area contributed by atoms with Gasteiger partial charge in [-0.15, -0.1) is 0 Å². The van der Waals surface area contributed by atoms with E-state index in [4.69, 9.17) is 4.74 Å². The second-order valence-corrected chi connectivity index (χ2v) is 8.87. The third-order valence-electron chi connectivity index (χ3n) is 4.90. The Kier molecular flexibility index (Phi) is 5.41. The van der Waals surface area contributed by atoms with Crippen molar-refractivity contribution in [2.24, 2.45) is 5.92 Å². The molecule has 0 unspecified atom stereocenters. The second kappa shape index (κ2) is 7.39. The molecule has 1 N–H and O–H groups in total. The third kappa shape index (κ3) is 4.02. The highest BCUT2D eigenvalue weighted by atomic mass is 32.2. The van der Waals surface area contributed by atoms with Crippen molar-refractivity contribution in [3.63, 3.8) is 0 Å². The average Bonchev–Trinajstić information content (AvgIpc) is 3.10. The number of carbonyl (C=O) groups is 1. The number of benzene rings is 1. The van der Waals surface area contributed by atoms with E-state index in [1.165, 1.54) is 16.4 Å². The molecule has 6 nitrogen and oxygen atoms in total. The highest BCUT2D eigenvalue weighted by Crippen LogP contribution is 2.27. The molecule has 138 valence electrons. The molecule has 2 saturated heterocycles. The molecule has 1 amide bonds. The van der Waals surface area contributed by atoms with E-state index in [1.54, 1.807) is 13.0 Å². The Morgan fingerprint density at radius 3 is 2.68 bits per heavy atom. The first-order chi connectivity index (χ1) is 11.9. The molecule has 2 fully saturated rings. The van der Waals surface area contributed by atoms with Crippen molar-refractivity contribution in [3.05, 3.63) is 29.6 Å². The summed E-state index contributed by atoms with van der Waals surface area (Å²) in [4.78, 5) is 12.4. The van der Waals surface area contributed by atoms with Gasteiger partial charge in [0.15, 0.2) is 0 Å². The summed E-state index contributed by atoms with van der Waals surface area (Å²) in [6.07, 6.45) is 1.50. The Bertz CT molecular complexity index is 747. The summed E-state index contributed by atoms with van der Waals surface area (Å²) in [6.45, 7) is 3.12. The Balaban J connectivity index is 1.61. The van der Waals surface area contributed by atoms with E-state index in [9.17, 15) is 17.6 Å². The molecule has 0 radical (unpaired) electrons. The summed E-state index contributed by atoms with van der Waals surface area (Å²) in [5.41, 5.74) is 0.975. The van der Waals surface area contributed by atoms with Crippen molar-refractivity contribution in [2.45, 2.75) is 31.4 Å². The largest absolute Gasteiger partial charge is 0.381 e. The van der Waals surface area contributed by atoms with E-state index in [1.807, 2.05) is 0 Å². The molecular weight excluding hydrogens is 347 g/mol. The molecule has 3 rings (SSSR count). The molecule has 2 heterocycles. The van der Waals surface area contributed by atoms with Gasteiger partial charge in [0, 0.05) is 32.0 Å². The molecule has 2 aliphatic rings. The van der Waals surface area contributed by atoms with Gasteiger partial charge in [-0.25, -0.2) is 17.1 Å². The van der Waals surface area contributed by atoms with Gasteiger partial charge in [0.25, 0.3) is 0 Å². The number of nitrogens with zero attached hydrogens (tertiary/aromatic N) is 1. The van der Waals surface area contributed by atoms with E-state index in [-0.39, 0.29) is 24.2 Å². The predicted molar refractivity (Wildman–Crippen MR) is 92.2 cm³/mol. The first-order valence-electron chi connectivity index (χ1n) is 8.51. The van der Waals surface area contributed by atoms with Crippen molar-refractivity contribution in [2.75, 3.05) is 31.6 Å². The highest BCUT2D eigenvalue weighted by Gasteiger charge is 2.39. The lowest BCUT2D eigenvalue weighted by atomic mass is 10.1.